The van der Waals surface area contributed by atoms with Gasteiger partial charge >= 0.3 is 0 Å². The SMILES string of the molecule is COC1CCN(c2nc(-c3c(C)ccc4n[nH]c(C)c34)nc3c2CN(c2cc(C4(C)COC4)ccc2C)CC3)C(C)C1. The van der Waals surface area contributed by atoms with Crippen LogP contribution >= 0.6 is 0 Å². The molecular weight excluding hydrogens is 524 g/mol. The Morgan fingerprint density at radius 2 is 1.86 bits per heavy atom. The average Bonchev–Trinajstić information content (AvgIpc) is 3.35. The number of aryl methyl sites for hydroxylation is 3. The molecule has 0 saturated carbocycles. The molecule has 2 unspecified atom stereocenters. The first-order valence-corrected chi connectivity index (χ1v) is 15.3. The van der Waals surface area contributed by atoms with E-state index in [0.29, 0.717) is 6.04 Å². The fourth-order valence-corrected chi connectivity index (χ4v) is 7.17. The van der Waals surface area contributed by atoms with Crippen LogP contribution in [0, 0.1) is 20.8 Å². The molecule has 2 aromatic carbocycles. The third kappa shape index (κ3) is 4.47. The van der Waals surface area contributed by atoms with E-state index in [2.05, 4.69) is 84.9 Å². The third-order valence-corrected chi connectivity index (χ3v) is 9.89. The number of rotatable bonds is 5. The van der Waals surface area contributed by atoms with Crippen LogP contribution in [-0.4, -0.2) is 65.7 Å². The lowest BCUT2D eigenvalue weighted by Gasteiger charge is -2.41. The molecule has 0 radical (unpaired) electrons. The van der Waals surface area contributed by atoms with Crippen molar-refractivity contribution in [2.45, 2.75) is 78.0 Å². The first-order valence-electron chi connectivity index (χ1n) is 15.3. The third-order valence-electron chi connectivity index (χ3n) is 9.89. The fourth-order valence-electron chi connectivity index (χ4n) is 7.17. The van der Waals surface area contributed by atoms with Crippen LogP contribution in [0.3, 0.4) is 0 Å². The van der Waals surface area contributed by atoms with Crippen molar-refractivity contribution in [2.75, 3.05) is 43.2 Å². The van der Waals surface area contributed by atoms with Gasteiger partial charge < -0.3 is 19.3 Å². The minimum atomic E-state index is 0.102. The molecule has 220 valence electrons. The highest BCUT2D eigenvalue weighted by Crippen LogP contribution is 2.40. The summed E-state index contributed by atoms with van der Waals surface area (Å²) in [5, 5.41) is 8.84. The summed E-state index contributed by atoms with van der Waals surface area (Å²) in [6.07, 6.45) is 3.16. The van der Waals surface area contributed by atoms with Crippen LogP contribution in [0.4, 0.5) is 11.5 Å². The Hall–Kier alpha value is -3.49. The predicted octanol–water partition coefficient (Wildman–Crippen LogP) is 5.80. The fraction of sp³-hybridized carbons (Fsp3) is 0.500. The van der Waals surface area contributed by atoms with Crippen LogP contribution in [0.5, 0.6) is 0 Å². The topological polar surface area (TPSA) is 79.4 Å². The molecule has 42 heavy (non-hydrogen) atoms. The lowest BCUT2D eigenvalue weighted by atomic mass is 9.80. The van der Waals surface area contributed by atoms with Crippen molar-refractivity contribution in [3.05, 3.63) is 64.0 Å². The number of H-pyrrole nitrogens is 1. The second kappa shape index (κ2) is 10.3. The zero-order valence-electron chi connectivity index (χ0n) is 25.8. The summed E-state index contributed by atoms with van der Waals surface area (Å²) < 4.78 is 11.4. The summed E-state index contributed by atoms with van der Waals surface area (Å²) >= 11 is 0. The highest BCUT2D eigenvalue weighted by atomic mass is 16.5. The van der Waals surface area contributed by atoms with E-state index in [0.717, 1.165) is 91.6 Å². The number of aromatic amines is 1. The van der Waals surface area contributed by atoms with Gasteiger partial charge in [0, 0.05) is 72.5 Å². The number of anilines is 2. The van der Waals surface area contributed by atoms with Crippen molar-refractivity contribution in [1.82, 2.24) is 20.2 Å². The summed E-state index contributed by atoms with van der Waals surface area (Å²) in [4.78, 5) is 15.8. The van der Waals surface area contributed by atoms with Gasteiger partial charge in [-0.05, 0) is 69.4 Å². The highest BCUT2D eigenvalue weighted by Gasteiger charge is 2.36. The van der Waals surface area contributed by atoms with Crippen LogP contribution in [-0.2, 0) is 27.9 Å². The van der Waals surface area contributed by atoms with E-state index in [1.807, 2.05) is 7.11 Å². The monoisotopic (exact) mass is 566 g/mol. The predicted molar refractivity (Wildman–Crippen MR) is 168 cm³/mol. The number of hydrogen-bond acceptors (Lipinski definition) is 7. The maximum atomic E-state index is 5.77. The van der Waals surface area contributed by atoms with Gasteiger partial charge in [-0.15, -0.1) is 0 Å². The molecule has 0 spiro atoms. The number of methoxy groups -OCH3 is 1. The summed E-state index contributed by atoms with van der Waals surface area (Å²) in [7, 11) is 1.83. The van der Waals surface area contributed by atoms with Crippen molar-refractivity contribution in [3.63, 3.8) is 0 Å². The number of nitrogens with zero attached hydrogens (tertiary/aromatic N) is 5. The maximum absolute atomic E-state index is 5.77. The van der Waals surface area contributed by atoms with Crippen LogP contribution in [0.2, 0.25) is 0 Å². The number of nitrogens with one attached hydrogen (secondary N) is 1. The largest absolute Gasteiger partial charge is 0.381 e. The molecule has 2 fully saturated rings. The van der Waals surface area contributed by atoms with Gasteiger partial charge in [-0.1, -0.05) is 25.1 Å². The Bertz CT molecular complexity index is 1660. The summed E-state index contributed by atoms with van der Waals surface area (Å²) in [6, 6.07) is 11.5. The molecule has 0 bridgehead atoms. The number of piperidine rings is 1. The van der Waals surface area contributed by atoms with Crippen molar-refractivity contribution < 1.29 is 9.47 Å². The molecule has 5 heterocycles. The van der Waals surface area contributed by atoms with Crippen molar-refractivity contribution >= 4 is 22.4 Å². The summed E-state index contributed by atoms with van der Waals surface area (Å²) in [6.45, 7) is 15.3. The van der Waals surface area contributed by atoms with Gasteiger partial charge in [0.25, 0.3) is 0 Å². The molecule has 2 atom stereocenters. The van der Waals surface area contributed by atoms with E-state index in [1.54, 1.807) is 0 Å². The van der Waals surface area contributed by atoms with Gasteiger partial charge in [0.15, 0.2) is 5.82 Å². The molecule has 2 saturated heterocycles. The summed E-state index contributed by atoms with van der Waals surface area (Å²) in [5.41, 5.74) is 10.8. The molecule has 2 aromatic heterocycles. The Morgan fingerprint density at radius 1 is 1.05 bits per heavy atom. The standard InChI is InChI=1S/C34H42N6O2/c1-20-7-9-24(34(5)18-42-19-34)16-29(20)39-13-12-27-26(17-39)33(40-14-11-25(41-6)15-22(40)3)36-32(35-27)30-21(2)8-10-28-31(30)23(4)37-38-28/h7-10,16,22,25H,11-15,17-19H2,1-6H3,(H,37,38). The second-order valence-electron chi connectivity index (χ2n) is 12.9. The van der Waals surface area contributed by atoms with Gasteiger partial charge in [0.05, 0.1) is 30.5 Å². The molecule has 7 rings (SSSR count). The number of benzene rings is 2. The van der Waals surface area contributed by atoms with E-state index < -0.39 is 0 Å². The number of ether oxygens (including phenoxy) is 2. The number of hydrogen-bond donors (Lipinski definition) is 1. The van der Waals surface area contributed by atoms with E-state index >= 15 is 0 Å². The molecule has 3 aliphatic heterocycles. The minimum absolute atomic E-state index is 0.102. The Morgan fingerprint density at radius 3 is 2.60 bits per heavy atom. The molecule has 1 N–H and O–H groups in total. The molecule has 0 aliphatic carbocycles. The zero-order chi connectivity index (χ0) is 29.2. The Labute approximate surface area is 248 Å². The number of fused-ring (bicyclic) bond motifs is 2. The quantitative estimate of drug-likeness (QED) is 0.327. The van der Waals surface area contributed by atoms with Gasteiger partial charge in [-0.3, -0.25) is 5.10 Å². The van der Waals surface area contributed by atoms with Crippen LogP contribution in [0.15, 0.2) is 30.3 Å². The first kappa shape index (κ1) is 27.3. The number of aromatic nitrogens is 4. The van der Waals surface area contributed by atoms with Crippen molar-refractivity contribution in [1.29, 1.82) is 0 Å². The van der Waals surface area contributed by atoms with E-state index in [1.165, 1.54) is 27.9 Å². The van der Waals surface area contributed by atoms with Gasteiger partial charge in [0.1, 0.15) is 5.82 Å². The molecule has 4 aromatic rings. The second-order valence-corrected chi connectivity index (χ2v) is 12.9. The molecular formula is C34H42N6O2. The van der Waals surface area contributed by atoms with E-state index in [4.69, 9.17) is 19.4 Å². The molecule has 0 amide bonds. The van der Waals surface area contributed by atoms with Crippen LogP contribution in [0.1, 0.15) is 60.3 Å². The Kier molecular flexibility index (Phi) is 6.74. The van der Waals surface area contributed by atoms with Gasteiger partial charge in [-0.2, -0.15) is 5.10 Å². The van der Waals surface area contributed by atoms with Crippen LogP contribution < -0.4 is 9.80 Å². The Balaban J connectivity index is 1.34. The molecule has 8 heteroatoms. The molecule has 3 aliphatic rings. The zero-order valence-corrected chi connectivity index (χ0v) is 25.8. The summed E-state index contributed by atoms with van der Waals surface area (Å²) in [5.74, 6) is 1.88. The van der Waals surface area contributed by atoms with Crippen LogP contribution in [0.25, 0.3) is 22.3 Å². The lowest BCUT2D eigenvalue weighted by Crippen LogP contribution is -2.45. The highest BCUT2D eigenvalue weighted by molar-refractivity contribution is 5.96. The van der Waals surface area contributed by atoms with Gasteiger partial charge in [0.2, 0.25) is 0 Å². The average molecular weight is 567 g/mol. The smallest absolute Gasteiger partial charge is 0.162 e. The van der Waals surface area contributed by atoms with Gasteiger partial charge in [-0.25, -0.2) is 9.97 Å². The minimum Gasteiger partial charge on any atom is -0.381 e. The molecule has 8 nitrogen and oxygen atoms in total. The van der Waals surface area contributed by atoms with E-state index in [-0.39, 0.29) is 11.5 Å². The van der Waals surface area contributed by atoms with Crippen molar-refractivity contribution in [3.8, 4) is 11.4 Å². The lowest BCUT2D eigenvalue weighted by molar-refractivity contribution is -0.0499. The first-order chi connectivity index (χ1) is 20.3. The normalized spacial score (nSPS) is 21.9. The van der Waals surface area contributed by atoms with Crippen molar-refractivity contribution in [2.24, 2.45) is 0 Å². The van der Waals surface area contributed by atoms with E-state index in [9.17, 15) is 0 Å². The maximum Gasteiger partial charge on any atom is 0.162 e.